The number of hydrogen-bond donors (Lipinski definition) is 3. The minimum Gasteiger partial charge on any atom is -0.508 e. The highest BCUT2D eigenvalue weighted by Crippen LogP contribution is 2.31. The largest absolute Gasteiger partial charge is 0.508 e. The first-order valence-electron chi connectivity index (χ1n) is 7.02. The third kappa shape index (κ3) is 2.64. The molecule has 0 radical (unpaired) electrons. The topological polar surface area (TPSA) is 82.7 Å². The van der Waals surface area contributed by atoms with Crippen molar-refractivity contribution in [3.05, 3.63) is 65.9 Å². The van der Waals surface area contributed by atoms with E-state index in [2.05, 4.69) is 0 Å². The first kappa shape index (κ1) is 14.7. The Morgan fingerprint density at radius 3 is 1.96 bits per heavy atom. The molecule has 0 spiro atoms. The normalized spacial score (nSPS) is 10.7. The number of phenolic OH excluding ortho intramolecular Hbond substituents is 2. The average Bonchev–Trinajstić information content (AvgIpc) is 2.87. The molecule has 3 rings (SSSR count). The Kier molecular flexibility index (Phi) is 3.54. The van der Waals surface area contributed by atoms with Crippen molar-refractivity contribution >= 4 is 5.97 Å². The average molecular weight is 309 g/mol. The third-order valence-corrected chi connectivity index (χ3v) is 3.75. The number of phenols is 2. The molecule has 0 fully saturated rings. The molecule has 2 aromatic carbocycles. The molecular weight excluding hydrogens is 294 g/mol. The van der Waals surface area contributed by atoms with E-state index in [9.17, 15) is 20.1 Å². The van der Waals surface area contributed by atoms with Crippen LogP contribution in [-0.4, -0.2) is 25.9 Å². The van der Waals surface area contributed by atoms with Gasteiger partial charge in [-0.1, -0.05) is 0 Å². The Balaban J connectivity index is 2.25. The van der Waals surface area contributed by atoms with Gasteiger partial charge in [0, 0.05) is 11.4 Å². The van der Waals surface area contributed by atoms with Crippen molar-refractivity contribution in [2.75, 3.05) is 0 Å². The van der Waals surface area contributed by atoms with E-state index < -0.39 is 5.97 Å². The van der Waals surface area contributed by atoms with E-state index >= 15 is 0 Å². The Labute approximate surface area is 132 Å². The van der Waals surface area contributed by atoms with Gasteiger partial charge in [-0.15, -0.1) is 0 Å². The van der Waals surface area contributed by atoms with Gasteiger partial charge in [0.25, 0.3) is 0 Å². The monoisotopic (exact) mass is 309 g/mol. The van der Waals surface area contributed by atoms with Crippen LogP contribution < -0.4 is 0 Å². The summed E-state index contributed by atoms with van der Waals surface area (Å²) in [6, 6.07) is 14.7. The second kappa shape index (κ2) is 5.53. The second-order valence-electron chi connectivity index (χ2n) is 5.23. The molecular formula is C18H15NO4. The standard InChI is InChI=1S/C18H15NO4/c1-11-16(18(22)23)10-17(12-2-6-14(20)7-3-12)19(11)13-4-8-15(21)9-5-13/h2-10,20-21H,1H3,(H,22,23). The van der Waals surface area contributed by atoms with Crippen molar-refractivity contribution in [1.29, 1.82) is 0 Å². The van der Waals surface area contributed by atoms with E-state index in [0.717, 1.165) is 11.3 Å². The summed E-state index contributed by atoms with van der Waals surface area (Å²) < 4.78 is 1.81. The van der Waals surface area contributed by atoms with Crippen LogP contribution in [0.4, 0.5) is 0 Å². The van der Waals surface area contributed by atoms with Crippen LogP contribution in [-0.2, 0) is 0 Å². The van der Waals surface area contributed by atoms with Gasteiger partial charge in [-0.3, -0.25) is 0 Å². The van der Waals surface area contributed by atoms with Crippen molar-refractivity contribution in [3.8, 4) is 28.4 Å². The summed E-state index contributed by atoms with van der Waals surface area (Å²) >= 11 is 0. The summed E-state index contributed by atoms with van der Waals surface area (Å²) in [6.07, 6.45) is 0. The van der Waals surface area contributed by atoms with Gasteiger partial charge in [0.15, 0.2) is 0 Å². The lowest BCUT2D eigenvalue weighted by molar-refractivity contribution is 0.0696. The number of aromatic hydroxyl groups is 2. The van der Waals surface area contributed by atoms with Gasteiger partial charge >= 0.3 is 5.97 Å². The number of aromatic nitrogens is 1. The van der Waals surface area contributed by atoms with Crippen LogP contribution in [0.5, 0.6) is 11.5 Å². The van der Waals surface area contributed by atoms with Gasteiger partial charge in [-0.25, -0.2) is 4.79 Å². The molecule has 116 valence electrons. The predicted molar refractivity (Wildman–Crippen MR) is 86.2 cm³/mol. The van der Waals surface area contributed by atoms with Crippen LogP contribution in [0.25, 0.3) is 16.9 Å². The van der Waals surface area contributed by atoms with Crippen LogP contribution in [0.1, 0.15) is 16.1 Å². The van der Waals surface area contributed by atoms with Crippen molar-refractivity contribution in [2.24, 2.45) is 0 Å². The highest BCUT2D eigenvalue weighted by atomic mass is 16.4. The highest BCUT2D eigenvalue weighted by molar-refractivity contribution is 5.91. The van der Waals surface area contributed by atoms with Crippen molar-refractivity contribution in [2.45, 2.75) is 6.92 Å². The van der Waals surface area contributed by atoms with E-state index in [-0.39, 0.29) is 17.1 Å². The Hall–Kier alpha value is -3.21. The number of hydrogen-bond acceptors (Lipinski definition) is 3. The second-order valence-corrected chi connectivity index (χ2v) is 5.23. The maximum Gasteiger partial charge on any atom is 0.337 e. The predicted octanol–water partition coefficient (Wildman–Crippen LogP) is 3.56. The van der Waals surface area contributed by atoms with Gasteiger partial charge in [0.2, 0.25) is 0 Å². The van der Waals surface area contributed by atoms with E-state index in [1.807, 2.05) is 4.57 Å². The van der Waals surface area contributed by atoms with Crippen molar-refractivity contribution < 1.29 is 20.1 Å². The van der Waals surface area contributed by atoms with Crippen LogP contribution in [0.15, 0.2) is 54.6 Å². The molecule has 0 saturated carbocycles. The summed E-state index contributed by atoms with van der Waals surface area (Å²) in [6.45, 7) is 1.74. The summed E-state index contributed by atoms with van der Waals surface area (Å²) in [5.41, 5.74) is 3.03. The molecule has 0 bridgehead atoms. The van der Waals surface area contributed by atoms with E-state index in [4.69, 9.17) is 0 Å². The summed E-state index contributed by atoms with van der Waals surface area (Å²) in [5, 5.41) is 28.3. The summed E-state index contributed by atoms with van der Waals surface area (Å²) in [5.74, 6) is -0.713. The minimum atomic E-state index is -1.000. The molecule has 0 aliphatic carbocycles. The van der Waals surface area contributed by atoms with Gasteiger partial charge in [0.1, 0.15) is 11.5 Å². The SMILES string of the molecule is Cc1c(C(=O)O)cc(-c2ccc(O)cc2)n1-c1ccc(O)cc1. The molecule has 1 heterocycles. The van der Waals surface area contributed by atoms with Crippen molar-refractivity contribution in [1.82, 2.24) is 4.57 Å². The van der Waals surface area contributed by atoms with Crippen LogP contribution in [0.3, 0.4) is 0 Å². The number of rotatable bonds is 3. The fourth-order valence-corrected chi connectivity index (χ4v) is 2.60. The van der Waals surface area contributed by atoms with Crippen LogP contribution in [0, 0.1) is 6.92 Å². The number of carboxylic acid groups (broad SMARTS) is 1. The Morgan fingerprint density at radius 1 is 0.913 bits per heavy atom. The lowest BCUT2D eigenvalue weighted by Gasteiger charge is -2.12. The molecule has 1 aromatic heterocycles. The van der Waals surface area contributed by atoms with Crippen LogP contribution >= 0.6 is 0 Å². The highest BCUT2D eigenvalue weighted by Gasteiger charge is 2.19. The van der Waals surface area contributed by atoms with Crippen LogP contribution in [0.2, 0.25) is 0 Å². The maximum atomic E-state index is 11.5. The van der Waals surface area contributed by atoms with E-state index in [1.54, 1.807) is 61.5 Å². The zero-order valence-electron chi connectivity index (χ0n) is 12.4. The Bertz CT molecular complexity index is 861. The van der Waals surface area contributed by atoms with E-state index in [0.29, 0.717) is 11.4 Å². The molecule has 3 aromatic rings. The molecule has 0 aliphatic heterocycles. The molecule has 0 amide bonds. The summed E-state index contributed by atoms with van der Waals surface area (Å²) in [7, 11) is 0. The molecule has 23 heavy (non-hydrogen) atoms. The Morgan fingerprint density at radius 2 is 1.43 bits per heavy atom. The lowest BCUT2D eigenvalue weighted by atomic mass is 10.1. The molecule has 3 N–H and O–H groups in total. The van der Waals surface area contributed by atoms with Gasteiger partial charge in [-0.2, -0.15) is 0 Å². The first-order valence-corrected chi connectivity index (χ1v) is 7.02. The van der Waals surface area contributed by atoms with Gasteiger partial charge in [0.05, 0.1) is 11.3 Å². The molecule has 5 heteroatoms. The number of nitrogens with zero attached hydrogens (tertiary/aromatic N) is 1. The fraction of sp³-hybridized carbons (Fsp3) is 0.0556. The van der Waals surface area contributed by atoms with Crippen molar-refractivity contribution in [3.63, 3.8) is 0 Å². The smallest absolute Gasteiger partial charge is 0.337 e. The maximum absolute atomic E-state index is 11.5. The molecule has 0 unspecified atom stereocenters. The lowest BCUT2D eigenvalue weighted by Crippen LogP contribution is -2.02. The number of carbonyl (C=O) groups is 1. The zero-order chi connectivity index (χ0) is 16.6. The molecule has 0 aliphatic rings. The molecule has 0 saturated heterocycles. The minimum absolute atomic E-state index is 0.142. The zero-order valence-corrected chi connectivity index (χ0v) is 12.4. The van der Waals surface area contributed by atoms with Gasteiger partial charge in [-0.05, 0) is 67.1 Å². The number of aromatic carboxylic acids is 1. The number of carboxylic acids is 1. The fourth-order valence-electron chi connectivity index (χ4n) is 2.60. The van der Waals surface area contributed by atoms with Gasteiger partial charge < -0.3 is 19.9 Å². The quantitative estimate of drug-likeness (QED) is 0.691. The van der Waals surface area contributed by atoms with E-state index in [1.165, 1.54) is 0 Å². The first-order chi connectivity index (χ1) is 11.0. The summed E-state index contributed by atoms with van der Waals surface area (Å²) in [4.78, 5) is 11.5. The molecule has 0 atom stereocenters. The third-order valence-electron chi connectivity index (χ3n) is 3.75. The molecule has 5 nitrogen and oxygen atoms in total. The number of benzene rings is 2.